The fourth-order valence-electron chi connectivity index (χ4n) is 4.52. The van der Waals surface area contributed by atoms with Crippen molar-refractivity contribution in [3.63, 3.8) is 0 Å². The Bertz CT molecular complexity index is 917. The summed E-state index contributed by atoms with van der Waals surface area (Å²) in [7, 11) is -3.25. The lowest BCUT2D eigenvalue weighted by molar-refractivity contribution is -0.119. The van der Waals surface area contributed by atoms with Crippen molar-refractivity contribution in [2.75, 3.05) is 11.6 Å². The van der Waals surface area contributed by atoms with E-state index in [9.17, 15) is 13.2 Å². The van der Waals surface area contributed by atoms with Crippen LogP contribution in [-0.2, 0) is 20.0 Å². The van der Waals surface area contributed by atoms with Gasteiger partial charge >= 0.3 is 0 Å². The summed E-state index contributed by atoms with van der Waals surface area (Å²) < 4.78 is 23.5. The van der Waals surface area contributed by atoms with Gasteiger partial charge < -0.3 is 5.32 Å². The van der Waals surface area contributed by atoms with Gasteiger partial charge in [-0.15, -0.1) is 11.3 Å². The Labute approximate surface area is 164 Å². The summed E-state index contributed by atoms with van der Waals surface area (Å²) in [5, 5.41) is 5.42. The molecule has 1 heterocycles. The van der Waals surface area contributed by atoms with Gasteiger partial charge in [0.15, 0.2) is 15.0 Å². The average Bonchev–Trinajstić information content (AvgIpc) is 2.99. The second-order valence-corrected chi connectivity index (χ2v) is 10.8. The van der Waals surface area contributed by atoms with Crippen molar-refractivity contribution in [3.05, 3.63) is 41.4 Å². The molecule has 1 aromatic heterocycles. The van der Waals surface area contributed by atoms with E-state index in [-0.39, 0.29) is 10.8 Å². The van der Waals surface area contributed by atoms with Crippen molar-refractivity contribution >= 4 is 32.2 Å². The van der Waals surface area contributed by atoms with Crippen molar-refractivity contribution in [2.45, 2.75) is 48.8 Å². The molecule has 0 saturated heterocycles. The highest BCUT2D eigenvalue weighted by Crippen LogP contribution is 2.58. The molecule has 0 spiro atoms. The van der Waals surface area contributed by atoms with Gasteiger partial charge in [0.05, 0.1) is 10.3 Å². The van der Waals surface area contributed by atoms with Crippen molar-refractivity contribution < 1.29 is 13.2 Å². The van der Waals surface area contributed by atoms with Gasteiger partial charge in [0, 0.05) is 17.8 Å². The van der Waals surface area contributed by atoms with Crippen LogP contribution < -0.4 is 5.32 Å². The zero-order chi connectivity index (χ0) is 19.1. The highest BCUT2D eigenvalue weighted by Gasteiger charge is 2.61. The van der Waals surface area contributed by atoms with Gasteiger partial charge in [-0.3, -0.25) is 4.79 Å². The lowest BCUT2D eigenvalue weighted by Crippen LogP contribution is -2.30. The molecule has 2 aliphatic carbocycles. The first-order valence-corrected chi connectivity index (χ1v) is 12.2. The van der Waals surface area contributed by atoms with E-state index in [2.05, 4.69) is 10.3 Å². The van der Waals surface area contributed by atoms with Gasteiger partial charge in [0.2, 0.25) is 5.91 Å². The molecule has 27 heavy (non-hydrogen) atoms. The molecule has 144 valence electrons. The second kappa shape index (κ2) is 7.02. The van der Waals surface area contributed by atoms with Crippen LogP contribution in [0.1, 0.15) is 44.1 Å². The smallest absolute Gasteiger partial charge is 0.237 e. The number of amides is 1. The number of carbonyl (C=O) groups excluding carboxylic acids is 1. The molecule has 2 atom stereocenters. The van der Waals surface area contributed by atoms with E-state index >= 15 is 0 Å². The number of hydrogen-bond acceptors (Lipinski definition) is 5. The SMILES string of the molecule is CS(=O)(=O)c1ccc([C@@]2(C(=O)Nc3nccs3)C[C@H]2CC2CCCC2)cc1. The van der Waals surface area contributed by atoms with Gasteiger partial charge in [-0.1, -0.05) is 37.8 Å². The predicted molar refractivity (Wildman–Crippen MR) is 107 cm³/mol. The van der Waals surface area contributed by atoms with Crippen LogP contribution in [0.15, 0.2) is 40.7 Å². The van der Waals surface area contributed by atoms with Crippen LogP contribution in [0.2, 0.25) is 0 Å². The topological polar surface area (TPSA) is 76.1 Å². The molecule has 0 unspecified atom stereocenters. The minimum atomic E-state index is -3.25. The van der Waals surface area contributed by atoms with E-state index in [0.717, 1.165) is 18.4 Å². The molecule has 4 rings (SSSR count). The van der Waals surface area contributed by atoms with Crippen LogP contribution >= 0.6 is 11.3 Å². The Morgan fingerprint density at radius 3 is 2.56 bits per heavy atom. The number of hydrogen-bond donors (Lipinski definition) is 1. The Kier molecular flexibility index (Phi) is 4.84. The van der Waals surface area contributed by atoms with Crippen molar-refractivity contribution in [1.82, 2.24) is 4.98 Å². The van der Waals surface area contributed by atoms with E-state index in [1.807, 2.05) is 17.5 Å². The van der Waals surface area contributed by atoms with Gasteiger partial charge in [-0.05, 0) is 42.4 Å². The van der Waals surface area contributed by atoms with E-state index in [4.69, 9.17) is 0 Å². The first-order chi connectivity index (χ1) is 12.9. The molecule has 0 aliphatic heterocycles. The first-order valence-electron chi connectivity index (χ1n) is 9.41. The summed E-state index contributed by atoms with van der Waals surface area (Å²) in [5.74, 6) is 0.997. The number of nitrogens with one attached hydrogen (secondary N) is 1. The minimum Gasteiger partial charge on any atom is -0.301 e. The van der Waals surface area contributed by atoms with Gasteiger partial charge in [0.1, 0.15) is 0 Å². The summed E-state index contributed by atoms with van der Waals surface area (Å²) in [5.41, 5.74) is 0.344. The van der Waals surface area contributed by atoms with Crippen LogP contribution in [0.4, 0.5) is 5.13 Å². The Morgan fingerprint density at radius 1 is 1.26 bits per heavy atom. The first kappa shape index (κ1) is 18.6. The molecular formula is C20H24N2O3S2. The van der Waals surface area contributed by atoms with Crippen molar-refractivity contribution in [1.29, 1.82) is 0 Å². The third-order valence-corrected chi connectivity index (χ3v) is 7.87. The maximum absolute atomic E-state index is 13.2. The van der Waals surface area contributed by atoms with Gasteiger partial charge in [0.25, 0.3) is 0 Å². The standard InChI is InChI=1S/C20H24N2O3S2/c1-27(24,25)17-8-6-15(7-9-17)20(18(23)22-19-21-10-11-26-19)13-16(20)12-14-4-2-3-5-14/h6-11,14,16H,2-5,12-13H2,1H3,(H,21,22,23)/t16-,20+/m1/s1. The number of anilines is 1. The number of rotatable bonds is 6. The zero-order valence-corrected chi connectivity index (χ0v) is 17.0. The zero-order valence-electron chi connectivity index (χ0n) is 15.3. The molecule has 2 aliphatic rings. The summed E-state index contributed by atoms with van der Waals surface area (Å²) in [6.07, 6.45) is 9.86. The molecule has 5 nitrogen and oxygen atoms in total. The Hall–Kier alpha value is -1.73. The molecule has 2 saturated carbocycles. The predicted octanol–water partition coefficient (Wildman–Crippen LogP) is 4.02. The minimum absolute atomic E-state index is 0.0208. The maximum atomic E-state index is 13.2. The third-order valence-electron chi connectivity index (χ3n) is 6.05. The third kappa shape index (κ3) is 3.67. The Morgan fingerprint density at radius 2 is 1.96 bits per heavy atom. The van der Waals surface area contributed by atoms with Crippen molar-refractivity contribution in [2.24, 2.45) is 11.8 Å². The van der Waals surface area contributed by atoms with E-state index in [0.29, 0.717) is 17.0 Å². The fourth-order valence-corrected chi connectivity index (χ4v) is 5.67. The molecule has 2 fully saturated rings. The fraction of sp³-hybridized carbons (Fsp3) is 0.500. The summed E-state index contributed by atoms with van der Waals surface area (Å²) in [6, 6.07) is 6.86. The van der Waals surface area contributed by atoms with Crippen LogP contribution in [-0.4, -0.2) is 25.6 Å². The molecule has 1 N–H and O–H groups in total. The lowest BCUT2D eigenvalue weighted by atomic mass is 9.88. The van der Waals surface area contributed by atoms with Crippen LogP contribution in [0.3, 0.4) is 0 Å². The number of benzene rings is 1. The lowest BCUT2D eigenvalue weighted by Gasteiger charge is -2.19. The van der Waals surface area contributed by atoms with Crippen LogP contribution in [0, 0.1) is 11.8 Å². The number of sulfone groups is 1. The molecule has 7 heteroatoms. The summed E-state index contributed by atoms with van der Waals surface area (Å²) in [6.45, 7) is 0. The van der Waals surface area contributed by atoms with Crippen LogP contribution in [0.25, 0.3) is 0 Å². The average molecular weight is 405 g/mol. The largest absolute Gasteiger partial charge is 0.301 e. The molecule has 1 aromatic carbocycles. The maximum Gasteiger partial charge on any atom is 0.237 e. The summed E-state index contributed by atoms with van der Waals surface area (Å²) in [4.78, 5) is 17.7. The molecule has 0 radical (unpaired) electrons. The van der Waals surface area contributed by atoms with Gasteiger partial charge in [-0.2, -0.15) is 0 Å². The van der Waals surface area contributed by atoms with Crippen LogP contribution in [0.5, 0.6) is 0 Å². The van der Waals surface area contributed by atoms with Crippen molar-refractivity contribution in [3.8, 4) is 0 Å². The van der Waals surface area contributed by atoms with E-state index in [1.165, 1.54) is 43.3 Å². The number of nitrogens with zero attached hydrogens (tertiary/aromatic N) is 1. The normalized spacial score (nSPS) is 25.4. The molecule has 2 aromatic rings. The quantitative estimate of drug-likeness (QED) is 0.789. The Balaban J connectivity index is 1.61. The highest BCUT2D eigenvalue weighted by atomic mass is 32.2. The molecule has 0 bridgehead atoms. The van der Waals surface area contributed by atoms with E-state index < -0.39 is 15.3 Å². The second-order valence-electron chi connectivity index (χ2n) is 7.85. The van der Waals surface area contributed by atoms with E-state index in [1.54, 1.807) is 18.3 Å². The highest BCUT2D eigenvalue weighted by molar-refractivity contribution is 7.90. The number of carbonyl (C=O) groups is 1. The monoisotopic (exact) mass is 404 g/mol. The number of thiazole rings is 1. The molecule has 1 amide bonds. The van der Waals surface area contributed by atoms with Gasteiger partial charge in [-0.25, -0.2) is 13.4 Å². The number of aromatic nitrogens is 1. The summed E-state index contributed by atoms with van der Waals surface area (Å²) >= 11 is 1.41. The molecular weight excluding hydrogens is 380 g/mol.